The van der Waals surface area contributed by atoms with E-state index in [1.807, 2.05) is 0 Å². The zero-order chi connectivity index (χ0) is 12.4. The highest BCUT2D eigenvalue weighted by molar-refractivity contribution is 5.73. The van der Waals surface area contributed by atoms with Crippen molar-refractivity contribution in [2.45, 2.75) is 31.8 Å². The van der Waals surface area contributed by atoms with Crippen LogP contribution in [0.5, 0.6) is 0 Å². The summed E-state index contributed by atoms with van der Waals surface area (Å²) in [5.41, 5.74) is 9.88. The molecule has 96 valence electrons. The number of amidine groups is 1. The van der Waals surface area contributed by atoms with Crippen LogP contribution in [0.2, 0.25) is 0 Å². The second-order valence-electron chi connectivity index (χ2n) is 5.02. The van der Waals surface area contributed by atoms with Crippen LogP contribution in [-0.2, 0) is 24.1 Å². The molecule has 0 amide bonds. The average Bonchev–Trinajstić information content (AvgIpc) is 2.97. The van der Waals surface area contributed by atoms with E-state index in [-0.39, 0.29) is 6.04 Å². The van der Waals surface area contributed by atoms with Crippen molar-refractivity contribution in [2.75, 3.05) is 13.2 Å². The number of rotatable bonds is 4. The Morgan fingerprint density at radius 2 is 2.22 bits per heavy atom. The summed E-state index contributed by atoms with van der Waals surface area (Å²) in [6.45, 7) is 2.31. The van der Waals surface area contributed by atoms with E-state index >= 15 is 0 Å². The molecular weight excluding hydrogens is 226 g/mol. The van der Waals surface area contributed by atoms with Gasteiger partial charge in [0.1, 0.15) is 12.6 Å². The highest BCUT2D eigenvalue weighted by Crippen LogP contribution is 2.22. The second-order valence-corrected chi connectivity index (χ2v) is 5.02. The minimum Gasteiger partial charge on any atom is -0.463 e. The lowest BCUT2D eigenvalue weighted by atomic mass is 10.1. The molecule has 1 atom stereocenters. The number of nitrogens with two attached hydrogens (primary N) is 1. The van der Waals surface area contributed by atoms with E-state index in [0.29, 0.717) is 12.6 Å². The molecule has 1 aliphatic heterocycles. The minimum atomic E-state index is 0.166. The SMILES string of the molecule is NC1=N[C@@H](CNCc2ccc3c(c2)CCC3)CO1. The Labute approximate surface area is 107 Å². The highest BCUT2D eigenvalue weighted by Gasteiger charge is 2.16. The van der Waals surface area contributed by atoms with Crippen molar-refractivity contribution in [3.63, 3.8) is 0 Å². The molecular formula is C14H19N3O. The third kappa shape index (κ3) is 2.48. The van der Waals surface area contributed by atoms with Crippen molar-refractivity contribution in [1.29, 1.82) is 0 Å². The molecule has 18 heavy (non-hydrogen) atoms. The standard InChI is InChI=1S/C14H19N3O/c15-14-17-13(9-18-14)8-16-7-10-4-5-11-2-1-3-12(11)6-10/h4-6,13,16H,1-3,7-9H2,(H2,15,17)/t13-/m0/s1. The predicted molar refractivity (Wildman–Crippen MR) is 71.5 cm³/mol. The predicted octanol–water partition coefficient (Wildman–Crippen LogP) is 0.978. The lowest BCUT2D eigenvalue weighted by molar-refractivity contribution is 0.309. The van der Waals surface area contributed by atoms with Crippen LogP contribution in [0.15, 0.2) is 23.2 Å². The average molecular weight is 245 g/mol. The second kappa shape index (κ2) is 4.98. The van der Waals surface area contributed by atoms with Crippen LogP contribution in [0.1, 0.15) is 23.1 Å². The molecule has 0 unspecified atom stereocenters. The molecule has 1 heterocycles. The van der Waals surface area contributed by atoms with Gasteiger partial charge in [0.05, 0.1) is 0 Å². The molecule has 1 aromatic rings. The van der Waals surface area contributed by atoms with Gasteiger partial charge < -0.3 is 15.8 Å². The fourth-order valence-electron chi connectivity index (χ4n) is 2.66. The topological polar surface area (TPSA) is 59.6 Å². The maximum atomic E-state index is 5.47. The molecule has 0 spiro atoms. The number of fused-ring (bicyclic) bond motifs is 1. The summed E-state index contributed by atoms with van der Waals surface area (Å²) < 4.78 is 5.12. The number of hydrogen-bond donors (Lipinski definition) is 2. The molecule has 1 aromatic carbocycles. The number of nitrogens with zero attached hydrogens (tertiary/aromatic N) is 1. The highest BCUT2D eigenvalue weighted by atomic mass is 16.5. The first-order valence-electron chi connectivity index (χ1n) is 6.59. The maximum Gasteiger partial charge on any atom is 0.282 e. The smallest absolute Gasteiger partial charge is 0.282 e. The molecule has 0 fully saturated rings. The number of hydrogen-bond acceptors (Lipinski definition) is 4. The van der Waals surface area contributed by atoms with E-state index in [1.54, 1.807) is 0 Å². The summed E-state index contributed by atoms with van der Waals surface area (Å²) in [6, 6.07) is 7.31. The van der Waals surface area contributed by atoms with Crippen molar-refractivity contribution in [1.82, 2.24) is 5.32 Å². The molecule has 0 aromatic heterocycles. The van der Waals surface area contributed by atoms with Gasteiger partial charge in [-0.1, -0.05) is 18.2 Å². The molecule has 4 nitrogen and oxygen atoms in total. The summed E-state index contributed by atoms with van der Waals surface area (Å²) in [5.74, 6) is 0. The van der Waals surface area contributed by atoms with Gasteiger partial charge in [0.15, 0.2) is 0 Å². The van der Waals surface area contributed by atoms with Gasteiger partial charge in [-0.2, -0.15) is 0 Å². The van der Waals surface area contributed by atoms with Crippen molar-refractivity contribution in [3.8, 4) is 0 Å². The molecule has 3 N–H and O–H groups in total. The zero-order valence-electron chi connectivity index (χ0n) is 10.5. The third-order valence-corrected chi connectivity index (χ3v) is 3.61. The number of benzene rings is 1. The summed E-state index contributed by atoms with van der Waals surface area (Å²) in [6.07, 6.45) is 3.79. The number of aliphatic imine (C=N–C) groups is 1. The lowest BCUT2D eigenvalue weighted by Gasteiger charge is -2.09. The van der Waals surface area contributed by atoms with E-state index < -0.39 is 0 Å². The quantitative estimate of drug-likeness (QED) is 0.831. The zero-order valence-corrected chi connectivity index (χ0v) is 10.5. The summed E-state index contributed by atoms with van der Waals surface area (Å²) in [7, 11) is 0. The van der Waals surface area contributed by atoms with Crippen LogP contribution in [-0.4, -0.2) is 25.2 Å². The third-order valence-electron chi connectivity index (χ3n) is 3.61. The Morgan fingerprint density at radius 3 is 3.06 bits per heavy atom. The van der Waals surface area contributed by atoms with Crippen molar-refractivity contribution >= 4 is 6.02 Å². The molecule has 4 heteroatoms. The molecule has 2 aliphatic rings. The Balaban J connectivity index is 1.51. The van der Waals surface area contributed by atoms with E-state index in [4.69, 9.17) is 10.5 Å². The van der Waals surface area contributed by atoms with Crippen LogP contribution in [0.4, 0.5) is 0 Å². The Bertz CT molecular complexity index is 470. The molecule has 3 rings (SSSR count). The van der Waals surface area contributed by atoms with Crippen LogP contribution in [0.25, 0.3) is 0 Å². The monoisotopic (exact) mass is 245 g/mol. The summed E-state index contributed by atoms with van der Waals surface area (Å²) in [5, 5.41) is 3.41. The van der Waals surface area contributed by atoms with E-state index in [9.17, 15) is 0 Å². The van der Waals surface area contributed by atoms with Crippen LogP contribution in [0, 0.1) is 0 Å². The molecule has 0 saturated carbocycles. The van der Waals surface area contributed by atoms with Crippen LogP contribution in [0.3, 0.4) is 0 Å². The normalized spacial score (nSPS) is 21.6. The van der Waals surface area contributed by atoms with Crippen molar-refractivity contribution in [3.05, 3.63) is 34.9 Å². The first-order chi connectivity index (χ1) is 8.81. The van der Waals surface area contributed by atoms with Gasteiger partial charge >= 0.3 is 0 Å². The van der Waals surface area contributed by atoms with Gasteiger partial charge in [0, 0.05) is 13.1 Å². The molecule has 0 radical (unpaired) electrons. The Kier molecular flexibility index (Phi) is 3.19. The minimum absolute atomic E-state index is 0.166. The summed E-state index contributed by atoms with van der Waals surface area (Å²) >= 11 is 0. The lowest BCUT2D eigenvalue weighted by Crippen LogP contribution is -2.26. The maximum absolute atomic E-state index is 5.47. The van der Waals surface area contributed by atoms with E-state index in [0.717, 1.165) is 13.1 Å². The van der Waals surface area contributed by atoms with Crippen LogP contribution >= 0.6 is 0 Å². The van der Waals surface area contributed by atoms with Crippen LogP contribution < -0.4 is 11.1 Å². The van der Waals surface area contributed by atoms with E-state index in [1.165, 1.54) is 36.0 Å². The van der Waals surface area contributed by atoms with Gasteiger partial charge in [0.2, 0.25) is 0 Å². The fraction of sp³-hybridized carbons (Fsp3) is 0.500. The first kappa shape index (κ1) is 11.5. The number of ether oxygens (including phenoxy) is 1. The van der Waals surface area contributed by atoms with Gasteiger partial charge in [-0.25, -0.2) is 4.99 Å². The number of nitrogens with one attached hydrogen (secondary N) is 1. The molecule has 0 saturated heterocycles. The first-order valence-corrected chi connectivity index (χ1v) is 6.59. The van der Waals surface area contributed by atoms with Gasteiger partial charge in [0.25, 0.3) is 6.02 Å². The molecule has 0 bridgehead atoms. The largest absolute Gasteiger partial charge is 0.463 e. The summed E-state index contributed by atoms with van der Waals surface area (Å²) in [4.78, 5) is 4.19. The van der Waals surface area contributed by atoms with Gasteiger partial charge in [-0.05, 0) is 36.0 Å². The van der Waals surface area contributed by atoms with Crippen molar-refractivity contribution < 1.29 is 4.74 Å². The van der Waals surface area contributed by atoms with Gasteiger partial charge in [-0.3, -0.25) is 0 Å². The molecule has 1 aliphatic carbocycles. The Morgan fingerprint density at radius 1 is 1.33 bits per heavy atom. The Hall–Kier alpha value is -1.55. The van der Waals surface area contributed by atoms with Crippen molar-refractivity contribution in [2.24, 2.45) is 10.7 Å². The fourth-order valence-corrected chi connectivity index (χ4v) is 2.66. The van der Waals surface area contributed by atoms with E-state index in [2.05, 4.69) is 28.5 Å². The number of aryl methyl sites for hydroxylation is 2. The van der Waals surface area contributed by atoms with Gasteiger partial charge in [-0.15, -0.1) is 0 Å².